The van der Waals surface area contributed by atoms with Crippen LogP contribution in [-0.2, 0) is 12.8 Å². The second kappa shape index (κ2) is 3.59. The minimum absolute atomic E-state index is 0.454. The summed E-state index contributed by atoms with van der Waals surface area (Å²) in [7, 11) is 0. The van der Waals surface area contributed by atoms with E-state index in [2.05, 4.69) is 9.97 Å². The Morgan fingerprint density at radius 1 is 1.21 bits per heavy atom. The number of hydrogen-bond acceptors (Lipinski definition) is 4. The van der Waals surface area contributed by atoms with E-state index >= 15 is 0 Å². The average Bonchev–Trinajstić information content (AvgIpc) is 2.54. The Hall–Kier alpha value is -1.07. The predicted octanol–water partition coefficient (Wildman–Crippen LogP) is -0.760. The molecule has 1 aliphatic rings. The zero-order chi connectivity index (χ0) is 10.1. The van der Waals surface area contributed by atoms with Crippen molar-refractivity contribution < 1.29 is 0 Å². The van der Waals surface area contributed by atoms with Crippen molar-refractivity contribution >= 4 is 5.95 Å². The second-order valence-electron chi connectivity index (χ2n) is 3.95. The molecule has 1 aliphatic carbocycles. The Bertz CT molecular complexity index is 290. The molecule has 5 nitrogen and oxygen atoms in total. The summed E-state index contributed by atoms with van der Waals surface area (Å²) in [6.07, 6.45) is 1.83. The first-order chi connectivity index (χ1) is 6.74. The van der Waals surface area contributed by atoms with Crippen LogP contribution in [-0.4, -0.2) is 23.1 Å². The molecule has 7 N–H and O–H groups in total. The van der Waals surface area contributed by atoms with Crippen molar-refractivity contribution in [1.82, 2.24) is 9.97 Å². The fourth-order valence-electron chi connectivity index (χ4n) is 2.20. The Balaban J connectivity index is 2.24. The molecule has 0 saturated heterocycles. The van der Waals surface area contributed by atoms with Crippen molar-refractivity contribution in [2.75, 3.05) is 18.8 Å². The Morgan fingerprint density at radius 3 is 2.50 bits per heavy atom. The molecule has 0 spiro atoms. The Morgan fingerprint density at radius 2 is 1.86 bits per heavy atom. The van der Waals surface area contributed by atoms with Crippen LogP contribution in [0.1, 0.15) is 11.4 Å². The molecule has 14 heavy (non-hydrogen) atoms. The fourth-order valence-corrected chi connectivity index (χ4v) is 2.20. The first-order valence-electron chi connectivity index (χ1n) is 4.98. The molecule has 1 aromatic heterocycles. The van der Waals surface area contributed by atoms with E-state index in [1.807, 2.05) is 0 Å². The van der Waals surface area contributed by atoms with Gasteiger partial charge in [0.2, 0.25) is 0 Å². The zero-order valence-electron chi connectivity index (χ0n) is 8.16. The van der Waals surface area contributed by atoms with Crippen LogP contribution in [0.15, 0.2) is 0 Å². The van der Waals surface area contributed by atoms with Crippen LogP contribution in [0.4, 0.5) is 5.95 Å². The number of nitrogen functional groups attached to an aromatic ring is 1. The smallest absolute Gasteiger partial charge is 0.197 e. The third kappa shape index (κ3) is 1.49. The molecule has 0 aromatic carbocycles. The summed E-state index contributed by atoms with van der Waals surface area (Å²) in [5.41, 5.74) is 19.2. The molecule has 1 aromatic rings. The van der Waals surface area contributed by atoms with Gasteiger partial charge in [-0.3, -0.25) is 0 Å². The summed E-state index contributed by atoms with van der Waals surface area (Å²) in [6.45, 7) is 1.36. The van der Waals surface area contributed by atoms with Crippen molar-refractivity contribution in [3.05, 3.63) is 11.4 Å². The van der Waals surface area contributed by atoms with E-state index in [-0.39, 0.29) is 0 Å². The summed E-state index contributed by atoms with van der Waals surface area (Å²) in [5, 5.41) is 0. The lowest BCUT2D eigenvalue weighted by Gasteiger charge is -2.28. The average molecular weight is 195 g/mol. The minimum atomic E-state index is 0.454. The molecule has 1 heterocycles. The highest BCUT2D eigenvalue weighted by Gasteiger charge is 2.28. The van der Waals surface area contributed by atoms with Crippen LogP contribution in [0.25, 0.3) is 0 Å². The molecule has 0 saturated carbocycles. The van der Waals surface area contributed by atoms with Crippen molar-refractivity contribution in [2.45, 2.75) is 12.8 Å². The third-order valence-electron chi connectivity index (χ3n) is 3.08. The number of imidazole rings is 1. The molecular weight excluding hydrogens is 178 g/mol. The van der Waals surface area contributed by atoms with Gasteiger partial charge >= 0.3 is 0 Å². The first kappa shape index (κ1) is 9.48. The Labute approximate surface area is 83.1 Å². The number of H-pyrrole nitrogens is 1. The second-order valence-corrected chi connectivity index (χ2v) is 3.95. The van der Waals surface area contributed by atoms with E-state index in [0.717, 1.165) is 24.2 Å². The standard InChI is InChI=1S/C9H17N5/c10-3-5-1-7-8(2-6(5)4-11)14-9(12)13-7/h5-6H,1-4,10-11H2,(H3,12,13,14). The lowest BCUT2D eigenvalue weighted by Crippen LogP contribution is -2.35. The number of rotatable bonds is 2. The number of aromatic nitrogens is 2. The van der Waals surface area contributed by atoms with E-state index in [1.165, 1.54) is 0 Å². The summed E-state index contributed by atoms with van der Waals surface area (Å²) >= 11 is 0. The van der Waals surface area contributed by atoms with Crippen LogP contribution in [0.2, 0.25) is 0 Å². The van der Waals surface area contributed by atoms with E-state index in [0.29, 0.717) is 30.9 Å². The SMILES string of the molecule is NCC1Cc2nc(N)[nH]c2CC1CN. The monoisotopic (exact) mass is 195 g/mol. The van der Waals surface area contributed by atoms with Crippen LogP contribution >= 0.6 is 0 Å². The molecule has 0 radical (unpaired) electrons. The van der Waals surface area contributed by atoms with Crippen molar-refractivity contribution in [2.24, 2.45) is 23.3 Å². The Kier molecular flexibility index (Phi) is 2.43. The maximum absolute atomic E-state index is 5.71. The predicted molar refractivity (Wildman–Crippen MR) is 55.5 cm³/mol. The van der Waals surface area contributed by atoms with Gasteiger partial charge in [-0.25, -0.2) is 4.98 Å². The lowest BCUT2D eigenvalue weighted by molar-refractivity contribution is 0.318. The van der Waals surface area contributed by atoms with Crippen LogP contribution in [0.3, 0.4) is 0 Å². The number of aromatic amines is 1. The van der Waals surface area contributed by atoms with Gasteiger partial charge < -0.3 is 22.2 Å². The van der Waals surface area contributed by atoms with Gasteiger partial charge in [-0.15, -0.1) is 0 Å². The molecular formula is C9H17N5. The van der Waals surface area contributed by atoms with Gasteiger partial charge in [0.1, 0.15) is 0 Å². The molecule has 2 rings (SSSR count). The quantitative estimate of drug-likeness (QED) is 0.497. The number of nitrogens with one attached hydrogen (secondary N) is 1. The van der Waals surface area contributed by atoms with Crippen LogP contribution in [0.5, 0.6) is 0 Å². The number of anilines is 1. The first-order valence-corrected chi connectivity index (χ1v) is 4.98. The number of nitrogens with two attached hydrogens (primary N) is 3. The zero-order valence-corrected chi connectivity index (χ0v) is 8.16. The van der Waals surface area contributed by atoms with E-state index in [1.54, 1.807) is 0 Å². The van der Waals surface area contributed by atoms with Gasteiger partial charge in [-0.05, 0) is 37.8 Å². The van der Waals surface area contributed by atoms with E-state index < -0.39 is 0 Å². The normalized spacial score (nSPS) is 26.1. The maximum atomic E-state index is 5.71. The summed E-state index contributed by atoms with van der Waals surface area (Å²) in [6, 6.07) is 0. The maximum Gasteiger partial charge on any atom is 0.197 e. The van der Waals surface area contributed by atoms with Crippen molar-refractivity contribution in [1.29, 1.82) is 0 Å². The van der Waals surface area contributed by atoms with E-state index in [4.69, 9.17) is 17.2 Å². The van der Waals surface area contributed by atoms with Gasteiger partial charge in [0, 0.05) is 5.69 Å². The highest BCUT2D eigenvalue weighted by molar-refractivity contribution is 5.28. The van der Waals surface area contributed by atoms with Gasteiger partial charge in [0.25, 0.3) is 0 Å². The van der Waals surface area contributed by atoms with Crippen LogP contribution in [0, 0.1) is 11.8 Å². The van der Waals surface area contributed by atoms with Gasteiger partial charge in [-0.2, -0.15) is 0 Å². The van der Waals surface area contributed by atoms with Crippen molar-refractivity contribution in [3.8, 4) is 0 Å². The summed E-state index contributed by atoms with van der Waals surface area (Å²) < 4.78 is 0. The van der Waals surface area contributed by atoms with Gasteiger partial charge in [0.05, 0.1) is 5.69 Å². The molecule has 78 valence electrons. The topological polar surface area (TPSA) is 107 Å². The molecule has 0 aliphatic heterocycles. The third-order valence-corrected chi connectivity index (χ3v) is 3.08. The summed E-state index contributed by atoms with van der Waals surface area (Å²) in [4.78, 5) is 7.32. The highest BCUT2D eigenvalue weighted by Crippen LogP contribution is 2.28. The molecule has 2 unspecified atom stereocenters. The van der Waals surface area contributed by atoms with Crippen LogP contribution < -0.4 is 17.2 Å². The van der Waals surface area contributed by atoms with Gasteiger partial charge in [0.15, 0.2) is 5.95 Å². The fraction of sp³-hybridized carbons (Fsp3) is 0.667. The lowest BCUT2D eigenvalue weighted by atomic mass is 9.80. The molecule has 5 heteroatoms. The molecule has 0 amide bonds. The number of fused-ring (bicyclic) bond motifs is 1. The van der Waals surface area contributed by atoms with E-state index in [9.17, 15) is 0 Å². The molecule has 0 bridgehead atoms. The van der Waals surface area contributed by atoms with Gasteiger partial charge in [-0.1, -0.05) is 0 Å². The minimum Gasteiger partial charge on any atom is -0.369 e. The highest BCUT2D eigenvalue weighted by atomic mass is 15.0. The molecule has 0 fully saturated rings. The molecule has 2 atom stereocenters. The van der Waals surface area contributed by atoms with Crippen molar-refractivity contribution in [3.63, 3.8) is 0 Å². The number of hydrogen-bond donors (Lipinski definition) is 4. The largest absolute Gasteiger partial charge is 0.369 e. The number of nitrogens with zero attached hydrogens (tertiary/aromatic N) is 1. The summed E-state index contributed by atoms with van der Waals surface area (Å²) in [5.74, 6) is 1.42.